The highest BCUT2D eigenvalue weighted by Gasteiger charge is 2.40. The van der Waals surface area contributed by atoms with Gasteiger partial charge in [0.15, 0.2) is 0 Å². The molecule has 4 nitrogen and oxygen atoms in total. The van der Waals surface area contributed by atoms with Crippen LogP contribution in [0.25, 0.3) is 0 Å². The van der Waals surface area contributed by atoms with E-state index in [0.717, 1.165) is 12.8 Å². The van der Waals surface area contributed by atoms with Crippen LogP contribution in [0.3, 0.4) is 0 Å². The largest absolute Gasteiger partial charge is 0.393 e. The average molecular weight is 275 g/mol. The van der Waals surface area contributed by atoms with Gasteiger partial charge in [0.25, 0.3) is 0 Å². The first-order valence-electron chi connectivity index (χ1n) is 6.94. The van der Waals surface area contributed by atoms with E-state index in [0.29, 0.717) is 30.8 Å². The van der Waals surface area contributed by atoms with Crippen LogP contribution in [0.1, 0.15) is 38.5 Å². The first-order chi connectivity index (χ1) is 8.37. The number of hydrogen-bond acceptors (Lipinski definition) is 4. The Labute approximate surface area is 110 Å². The highest BCUT2D eigenvalue weighted by atomic mass is 32.2. The molecule has 0 radical (unpaired) electrons. The fourth-order valence-electron chi connectivity index (χ4n) is 3.56. The molecule has 0 amide bonds. The highest BCUT2D eigenvalue weighted by Crippen LogP contribution is 2.39. The molecule has 2 aliphatic heterocycles. The van der Waals surface area contributed by atoms with Crippen LogP contribution >= 0.6 is 0 Å². The molecule has 2 rings (SSSR count). The smallest absolute Gasteiger partial charge is 0.147 e. The van der Waals surface area contributed by atoms with E-state index in [2.05, 4.69) is 11.9 Å². The van der Waals surface area contributed by atoms with Gasteiger partial charge in [0.1, 0.15) is 9.84 Å². The molecule has 0 spiro atoms. The summed E-state index contributed by atoms with van der Waals surface area (Å²) in [6.07, 6.45) is 6.82. The lowest BCUT2D eigenvalue weighted by Gasteiger charge is -2.38. The molecule has 0 saturated carbocycles. The van der Waals surface area contributed by atoms with E-state index in [1.165, 1.54) is 19.1 Å². The molecule has 106 valence electrons. The molecule has 3 atom stereocenters. The van der Waals surface area contributed by atoms with Gasteiger partial charge in [-0.3, -0.25) is 0 Å². The quantitative estimate of drug-likeness (QED) is 0.814. The third-order valence-corrected chi connectivity index (χ3v) is 5.72. The van der Waals surface area contributed by atoms with Gasteiger partial charge in [-0.25, -0.2) is 8.42 Å². The number of nitrogens with zero attached hydrogens (tertiary/aromatic N) is 1. The summed E-state index contributed by atoms with van der Waals surface area (Å²) in [5.74, 6) is 0.571. The first-order valence-corrected chi connectivity index (χ1v) is 9.00. The second-order valence-electron chi connectivity index (χ2n) is 6.12. The molecule has 2 fully saturated rings. The van der Waals surface area contributed by atoms with Crippen LogP contribution in [-0.2, 0) is 9.84 Å². The fourth-order valence-corrected chi connectivity index (χ4v) is 4.25. The van der Waals surface area contributed by atoms with Crippen molar-refractivity contribution in [1.82, 2.24) is 4.90 Å². The minimum absolute atomic E-state index is 0.198. The Hall–Kier alpha value is -0.130. The van der Waals surface area contributed by atoms with Crippen molar-refractivity contribution < 1.29 is 13.5 Å². The van der Waals surface area contributed by atoms with Crippen LogP contribution in [-0.4, -0.2) is 55.7 Å². The minimum Gasteiger partial charge on any atom is -0.393 e. The van der Waals surface area contributed by atoms with E-state index in [1.54, 1.807) is 0 Å². The number of hydrogen-bond donors (Lipinski definition) is 1. The molecule has 2 heterocycles. The predicted molar refractivity (Wildman–Crippen MR) is 72.2 cm³/mol. The van der Waals surface area contributed by atoms with E-state index in [4.69, 9.17) is 0 Å². The summed E-state index contributed by atoms with van der Waals surface area (Å²) in [5, 5.41) is 10.2. The summed E-state index contributed by atoms with van der Waals surface area (Å²) in [6, 6.07) is 1.27. The molecule has 1 N–H and O–H groups in total. The second kappa shape index (κ2) is 5.47. The fraction of sp³-hybridized carbons (Fsp3) is 1.00. The maximum Gasteiger partial charge on any atom is 0.147 e. The van der Waals surface area contributed by atoms with E-state index >= 15 is 0 Å². The van der Waals surface area contributed by atoms with Crippen molar-refractivity contribution in [3.05, 3.63) is 0 Å². The summed E-state index contributed by atoms with van der Waals surface area (Å²) in [4.78, 5) is 2.46. The molecule has 2 bridgehead atoms. The molecule has 0 aromatic heterocycles. The average Bonchev–Trinajstić information content (AvgIpc) is 2.51. The van der Waals surface area contributed by atoms with Crippen LogP contribution in [0.5, 0.6) is 0 Å². The Balaban J connectivity index is 1.78. The predicted octanol–water partition coefficient (Wildman–Crippen LogP) is 1.04. The number of fused-ring (bicyclic) bond motifs is 2. The number of piperidine rings is 1. The van der Waals surface area contributed by atoms with Gasteiger partial charge in [0, 0.05) is 24.1 Å². The van der Waals surface area contributed by atoms with Gasteiger partial charge >= 0.3 is 0 Å². The van der Waals surface area contributed by atoms with Crippen molar-refractivity contribution in [3.63, 3.8) is 0 Å². The van der Waals surface area contributed by atoms with Gasteiger partial charge in [-0.2, -0.15) is 0 Å². The van der Waals surface area contributed by atoms with Crippen molar-refractivity contribution in [3.8, 4) is 0 Å². The summed E-state index contributed by atoms with van der Waals surface area (Å²) in [5.41, 5.74) is 0. The molecule has 5 heteroatoms. The van der Waals surface area contributed by atoms with E-state index in [1.807, 2.05) is 0 Å². The number of sulfone groups is 1. The monoisotopic (exact) mass is 275 g/mol. The summed E-state index contributed by atoms with van der Waals surface area (Å²) < 4.78 is 22.1. The standard InChI is InChI=1S/C13H25NO3S/c1-14-11-5-6-12(14)9-10(8-11)13(15)4-3-7-18(2,16)17/h10-13,15H,3-9H2,1-2H3. The Morgan fingerprint density at radius 3 is 2.33 bits per heavy atom. The first kappa shape index (κ1) is 14.3. The maximum atomic E-state index is 11.1. The van der Waals surface area contributed by atoms with Crippen molar-refractivity contribution in [2.45, 2.75) is 56.7 Å². The minimum atomic E-state index is -2.89. The Kier molecular flexibility index (Phi) is 4.34. The third-order valence-electron chi connectivity index (χ3n) is 4.69. The zero-order valence-corrected chi connectivity index (χ0v) is 12.2. The van der Waals surface area contributed by atoms with Crippen LogP contribution in [0.4, 0.5) is 0 Å². The second-order valence-corrected chi connectivity index (χ2v) is 8.38. The van der Waals surface area contributed by atoms with E-state index < -0.39 is 9.84 Å². The number of aliphatic hydroxyl groups is 1. The van der Waals surface area contributed by atoms with Crippen molar-refractivity contribution in [2.24, 2.45) is 5.92 Å². The normalized spacial score (nSPS) is 34.7. The summed E-state index contributed by atoms with van der Waals surface area (Å²) in [6.45, 7) is 0. The maximum absolute atomic E-state index is 11.1. The molecular formula is C13H25NO3S. The molecule has 0 aliphatic carbocycles. The summed E-state index contributed by atoms with van der Waals surface area (Å²) >= 11 is 0. The third kappa shape index (κ3) is 3.45. The zero-order valence-electron chi connectivity index (χ0n) is 11.4. The van der Waals surface area contributed by atoms with Gasteiger partial charge in [-0.05, 0) is 51.5 Å². The van der Waals surface area contributed by atoms with Crippen molar-refractivity contribution in [2.75, 3.05) is 19.1 Å². The molecule has 18 heavy (non-hydrogen) atoms. The van der Waals surface area contributed by atoms with E-state index in [9.17, 15) is 13.5 Å². The lowest BCUT2D eigenvalue weighted by molar-refractivity contribution is 0.0316. The molecule has 0 aromatic carbocycles. The van der Waals surface area contributed by atoms with Crippen LogP contribution in [0.2, 0.25) is 0 Å². The van der Waals surface area contributed by atoms with Gasteiger partial charge in [-0.1, -0.05) is 0 Å². The molecule has 0 aromatic rings. The topological polar surface area (TPSA) is 57.6 Å². The molecule has 2 saturated heterocycles. The van der Waals surface area contributed by atoms with Crippen LogP contribution < -0.4 is 0 Å². The Morgan fingerprint density at radius 1 is 1.28 bits per heavy atom. The molecular weight excluding hydrogens is 250 g/mol. The summed E-state index contributed by atoms with van der Waals surface area (Å²) in [7, 11) is -0.699. The Bertz CT molecular complexity index is 368. The lowest BCUT2D eigenvalue weighted by Crippen LogP contribution is -2.43. The number of rotatable bonds is 5. The van der Waals surface area contributed by atoms with Gasteiger partial charge in [-0.15, -0.1) is 0 Å². The zero-order chi connectivity index (χ0) is 13.3. The molecule has 2 aliphatic rings. The van der Waals surface area contributed by atoms with Gasteiger partial charge in [0.2, 0.25) is 0 Å². The van der Waals surface area contributed by atoms with E-state index in [-0.39, 0.29) is 11.9 Å². The molecule has 3 unspecified atom stereocenters. The van der Waals surface area contributed by atoms with Gasteiger partial charge < -0.3 is 10.0 Å². The SMILES string of the molecule is CN1C2CCC1CC(C(O)CCCS(C)(=O)=O)C2. The lowest BCUT2D eigenvalue weighted by atomic mass is 9.85. The highest BCUT2D eigenvalue weighted by molar-refractivity contribution is 7.90. The van der Waals surface area contributed by atoms with Crippen LogP contribution in [0.15, 0.2) is 0 Å². The number of aliphatic hydroxyl groups excluding tert-OH is 1. The van der Waals surface area contributed by atoms with Crippen molar-refractivity contribution >= 4 is 9.84 Å². The van der Waals surface area contributed by atoms with Crippen LogP contribution in [0, 0.1) is 5.92 Å². The Morgan fingerprint density at radius 2 is 1.83 bits per heavy atom. The van der Waals surface area contributed by atoms with Gasteiger partial charge in [0.05, 0.1) is 6.10 Å². The van der Waals surface area contributed by atoms with Crippen molar-refractivity contribution in [1.29, 1.82) is 0 Å².